The number of carbonyl (C=O) groups excluding carboxylic acids is 1. The molecule has 1 amide bonds. The highest BCUT2D eigenvalue weighted by Gasteiger charge is 2.51. The maximum Gasteiger partial charge on any atom is 0.433 e. The number of hydrogen-bond donors (Lipinski definition) is 1. The van der Waals surface area contributed by atoms with E-state index in [0.29, 0.717) is 24.6 Å². The lowest BCUT2D eigenvalue weighted by Gasteiger charge is -2.57. The molecule has 7 heteroatoms. The number of rotatable bonds is 4. The van der Waals surface area contributed by atoms with Crippen molar-refractivity contribution in [1.29, 1.82) is 0 Å². The lowest BCUT2D eigenvalue weighted by molar-refractivity contribution is -0.141. The van der Waals surface area contributed by atoms with Crippen LogP contribution in [0.2, 0.25) is 0 Å². The predicted octanol–water partition coefficient (Wildman–Crippen LogP) is 5.18. The first kappa shape index (κ1) is 21.1. The molecule has 1 aromatic rings. The van der Waals surface area contributed by atoms with Gasteiger partial charge >= 0.3 is 6.18 Å². The Balaban J connectivity index is 1.30. The van der Waals surface area contributed by atoms with Crippen molar-refractivity contribution >= 4 is 11.6 Å². The number of pyridine rings is 1. The monoisotopic (exact) mass is 435 g/mol. The summed E-state index contributed by atoms with van der Waals surface area (Å²) in [4.78, 5) is 18.7. The first-order chi connectivity index (χ1) is 14.7. The molecule has 0 radical (unpaired) electrons. The highest BCUT2D eigenvalue weighted by molar-refractivity contribution is 5.78. The summed E-state index contributed by atoms with van der Waals surface area (Å²) >= 11 is 0. The third-order valence-electron chi connectivity index (χ3n) is 8.21. The number of halogens is 3. The first-order valence-electron chi connectivity index (χ1n) is 11.8. The molecule has 2 unspecified atom stereocenters. The molecule has 1 N–H and O–H groups in total. The molecule has 2 atom stereocenters. The van der Waals surface area contributed by atoms with Gasteiger partial charge in [0.1, 0.15) is 5.69 Å². The van der Waals surface area contributed by atoms with Crippen molar-refractivity contribution in [3.63, 3.8) is 0 Å². The zero-order valence-electron chi connectivity index (χ0n) is 18.1. The Hall–Kier alpha value is -1.79. The molecule has 5 fully saturated rings. The molecular formula is C24H32F3N3O. The second-order valence-corrected chi connectivity index (χ2v) is 10.8. The molecule has 4 nitrogen and oxygen atoms in total. The van der Waals surface area contributed by atoms with Gasteiger partial charge in [0.2, 0.25) is 5.91 Å². The van der Waals surface area contributed by atoms with E-state index in [-0.39, 0.29) is 17.5 Å². The maximum absolute atomic E-state index is 13.2. The van der Waals surface area contributed by atoms with E-state index in [2.05, 4.69) is 17.2 Å². The van der Waals surface area contributed by atoms with Crippen LogP contribution < -0.4 is 10.2 Å². The SMILES string of the molecule is CC1CCN(c2ccnc(C(F)(F)F)c2)C(CC(=O)NC23CC4CC(CC(C4)C2)C3)C1. The third kappa shape index (κ3) is 4.29. The molecular weight excluding hydrogens is 403 g/mol. The van der Waals surface area contributed by atoms with Gasteiger partial charge in [0.25, 0.3) is 0 Å². The van der Waals surface area contributed by atoms with Crippen molar-refractivity contribution < 1.29 is 18.0 Å². The summed E-state index contributed by atoms with van der Waals surface area (Å²) in [6.07, 6.45) is 6.13. The average molecular weight is 436 g/mol. The molecule has 1 aliphatic heterocycles. The van der Waals surface area contributed by atoms with Crippen LogP contribution in [0, 0.1) is 23.7 Å². The lowest BCUT2D eigenvalue weighted by Crippen LogP contribution is -2.60. The molecule has 4 saturated carbocycles. The van der Waals surface area contributed by atoms with Crippen LogP contribution >= 0.6 is 0 Å². The number of anilines is 1. The van der Waals surface area contributed by atoms with Gasteiger partial charge in [0.05, 0.1) is 0 Å². The van der Waals surface area contributed by atoms with Gasteiger partial charge in [0.15, 0.2) is 0 Å². The van der Waals surface area contributed by atoms with Crippen LogP contribution in [0.5, 0.6) is 0 Å². The average Bonchev–Trinajstić information content (AvgIpc) is 2.66. The maximum atomic E-state index is 13.2. The van der Waals surface area contributed by atoms with Crippen molar-refractivity contribution in [2.45, 2.75) is 82.5 Å². The summed E-state index contributed by atoms with van der Waals surface area (Å²) in [5, 5.41) is 3.44. The molecule has 6 rings (SSSR count). The zero-order valence-corrected chi connectivity index (χ0v) is 18.1. The Kier molecular flexibility index (Phi) is 5.21. The minimum Gasteiger partial charge on any atom is -0.368 e. The van der Waals surface area contributed by atoms with Crippen LogP contribution in [0.15, 0.2) is 18.3 Å². The normalized spacial score (nSPS) is 37.2. The standard InChI is InChI=1S/C24H32F3N3O/c1-15-3-5-30(19-2-4-28-21(10-19)24(25,26)27)20(6-15)11-22(31)29-23-12-16-7-17(13-23)9-18(8-16)14-23/h2,4,10,15-18,20H,3,5-9,11-14H2,1H3,(H,29,31). The Bertz CT molecular complexity index is 804. The Morgan fingerprint density at radius 1 is 1.16 bits per heavy atom. The summed E-state index contributed by atoms with van der Waals surface area (Å²) in [5.74, 6) is 2.80. The van der Waals surface area contributed by atoms with Gasteiger partial charge in [-0.3, -0.25) is 9.78 Å². The number of amides is 1. The fourth-order valence-corrected chi connectivity index (χ4v) is 7.36. The van der Waals surface area contributed by atoms with Crippen LogP contribution in [0.1, 0.15) is 70.4 Å². The molecule has 4 bridgehead atoms. The van der Waals surface area contributed by atoms with Gasteiger partial charge in [-0.05, 0) is 87.2 Å². The minimum atomic E-state index is -4.47. The fourth-order valence-electron chi connectivity index (χ4n) is 7.36. The number of alkyl halides is 3. The van der Waals surface area contributed by atoms with Crippen LogP contribution in [-0.4, -0.2) is 29.0 Å². The van der Waals surface area contributed by atoms with Gasteiger partial charge in [-0.2, -0.15) is 13.2 Å². The topological polar surface area (TPSA) is 45.2 Å². The van der Waals surface area contributed by atoms with E-state index in [1.54, 1.807) is 6.07 Å². The number of nitrogens with zero attached hydrogens (tertiary/aromatic N) is 2. The lowest BCUT2D eigenvalue weighted by atomic mass is 9.53. The number of aromatic nitrogens is 1. The van der Waals surface area contributed by atoms with E-state index < -0.39 is 11.9 Å². The quantitative estimate of drug-likeness (QED) is 0.709. The number of hydrogen-bond acceptors (Lipinski definition) is 3. The molecule has 0 spiro atoms. The van der Waals surface area contributed by atoms with Crippen LogP contribution in [-0.2, 0) is 11.0 Å². The smallest absolute Gasteiger partial charge is 0.368 e. The summed E-state index contributed by atoms with van der Waals surface area (Å²) in [5.41, 5.74) is -0.390. The second-order valence-electron chi connectivity index (χ2n) is 10.8. The van der Waals surface area contributed by atoms with E-state index in [1.807, 2.05) is 4.90 Å². The zero-order chi connectivity index (χ0) is 21.8. The Morgan fingerprint density at radius 3 is 2.42 bits per heavy atom. The first-order valence-corrected chi connectivity index (χ1v) is 11.8. The molecule has 170 valence electrons. The molecule has 5 aliphatic rings. The van der Waals surface area contributed by atoms with Gasteiger partial charge in [-0.1, -0.05) is 6.92 Å². The number of piperidine rings is 1. The summed E-state index contributed by atoms with van der Waals surface area (Å²) < 4.78 is 39.5. The highest BCUT2D eigenvalue weighted by Crippen LogP contribution is 2.55. The molecule has 1 aromatic heterocycles. The molecule has 2 heterocycles. The molecule has 4 aliphatic carbocycles. The summed E-state index contributed by atoms with van der Waals surface area (Å²) in [6, 6.07) is 2.68. The van der Waals surface area contributed by atoms with E-state index >= 15 is 0 Å². The van der Waals surface area contributed by atoms with Crippen molar-refractivity contribution in [1.82, 2.24) is 10.3 Å². The van der Waals surface area contributed by atoms with Crippen molar-refractivity contribution in [3.8, 4) is 0 Å². The summed E-state index contributed by atoms with van der Waals surface area (Å²) in [7, 11) is 0. The van der Waals surface area contributed by atoms with Crippen molar-refractivity contribution in [2.75, 3.05) is 11.4 Å². The number of nitrogens with one attached hydrogen (secondary N) is 1. The van der Waals surface area contributed by atoms with Crippen LogP contribution in [0.4, 0.5) is 18.9 Å². The van der Waals surface area contributed by atoms with Crippen LogP contribution in [0.25, 0.3) is 0 Å². The molecule has 31 heavy (non-hydrogen) atoms. The van der Waals surface area contributed by atoms with E-state index in [0.717, 1.165) is 55.9 Å². The third-order valence-corrected chi connectivity index (χ3v) is 8.21. The highest BCUT2D eigenvalue weighted by atomic mass is 19.4. The Morgan fingerprint density at radius 2 is 1.81 bits per heavy atom. The second kappa shape index (κ2) is 7.66. The van der Waals surface area contributed by atoms with Crippen molar-refractivity contribution in [2.24, 2.45) is 23.7 Å². The largest absolute Gasteiger partial charge is 0.433 e. The molecule has 0 aromatic carbocycles. The van der Waals surface area contributed by atoms with E-state index in [1.165, 1.54) is 25.5 Å². The summed E-state index contributed by atoms with van der Waals surface area (Å²) in [6.45, 7) is 2.83. The van der Waals surface area contributed by atoms with Gasteiger partial charge in [-0.25, -0.2) is 0 Å². The fraction of sp³-hybridized carbons (Fsp3) is 0.750. The molecule has 1 saturated heterocycles. The van der Waals surface area contributed by atoms with Gasteiger partial charge in [-0.15, -0.1) is 0 Å². The predicted molar refractivity (Wildman–Crippen MR) is 112 cm³/mol. The van der Waals surface area contributed by atoms with E-state index in [9.17, 15) is 18.0 Å². The van der Waals surface area contributed by atoms with Crippen LogP contribution in [0.3, 0.4) is 0 Å². The van der Waals surface area contributed by atoms with Gasteiger partial charge in [0, 0.05) is 36.4 Å². The Labute approximate surface area is 182 Å². The van der Waals surface area contributed by atoms with Gasteiger partial charge < -0.3 is 10.2 Å². The number of carbonyl (C=O) groups is 1. The van der Waals surface area contributed by atoms with E-state index in [4.69, 9.17) is 0 Å². The minimum absolute atomic E-state index is 0.0307. The van der Waals surface area contributed by atoms with Crippen molar-refractivity contribution in [3.05, 3.63) is 24.0 Å².